The highest BCUT2D eigenvalue weighted by molar-refractivity contribution is 6.29. The van der Waals surface area contributed by atoms with Crippen molar-refractivity contribution in [2.24, 2.45) is 0 Å². The van der Waals surface area contributed by atoms with E-state index in [-0.39, 0.29) is 41.4 Å². The molecule has 28 heavy (non-hydrogen) atoms. The van der Waals surface area contributed by atoms with Gasteiger partial charge in [0.15, 0.2) is 5.82 Å². The van der Waals surface area contributed by atoms with E-state index >= 15 is 0 Å². The van der Waals surface area contributed by atoms with E-state index in [2.05, 4.69) is 15.3 Å². The highest BCUT2D eigenvalue weighted by Crippen LogP contribution is 2.29. The largest absolute Gasteiger partial charge is 0.309 e. The van der Waals surface area contributed by atoms with E-state index in [0.717, 1.165) is 6.92 Å². The van der Waals surface area contributed by atoms with Gasteiger partial charge < -0.3 is 5.32 Å². The van der Waals surface area contributed by atoms with E-state index in [0.29, 0.717) is 5.56 Å². The van der Waals surface area contributed by atoms with Crippen molar-refractivity contribution in [3.05, 3.63) is 52.4 Å². The molecule has 0 radical (unpaired) electrons. The number of benzene rings is 1. The lowest BCUT2D eigenvalue weighted by molar-refractivity contribution is -0.117. The third-order valence-corrected chi connectivity index (χ3v) is 4.11. The van der Waals surface area contributed by atoms with Crippen molar-refractivity contribution in [3.63, 3.8) is 0 Å². The summed E-state index contributed by atoms with van der Waals surface area (Å²) in [6.07, 6.45) is 2.32. The van der Waals surface area contributed by atoms with E-state index < -0.39 is 17.7 Å². The molecule has 0 aliphatic carbocycles. The standard InChI is InChI=1S/C19H16ClF2N5O/c1-19(21,22)4-2-3-15(14-6-12(8-23)5-13(7-14)9-24)18(28)27-17-11-25-16(20)10-26-17/h5-7,10-11,15H,2-4H2,1H3,(H,26,27,28)/t15-/m0/s1. The average molecular weight is 404 g/mol. The lowest BCUT2D eigenvalue weighted by Crippen LogP contribution is -2.23. The number of alkyl halides is 2. The van der Waals surface area contributed by atoms with Crippen molar-refractivity contribution >= 4 is 23.3 Å². The molecule has 9 heteroatoms. The van der Waals surface area contributed by atoms with E-state index in [1.807, 2.05) is 12.1 Å². The molecule has 1 atom stereocenters. The molecule has 0 saturated heterocycles. The highest BCUT2D eigenvalue weighted by atomic mass is 35.5. The highest BCUT2D eigenvalue weighted by Gasteiger charge is 2.26. The minimum atomic E-state index is -2.85. The number of nitriles is 2. The van der Waals surface area contributed by atoms with Gasteiger partial charge in [-0.05, 0) is 43.5 Å². The maximum absolute atomic E-state index is 13.2. The Hall–Kier alpha value is -3.10. The first kappa shape index (κ1) is 21.2. The van der Waals surface area contributed by atoms with E-state index in [9.17, 15) is 13.6 Å². The van der Waals surface area contributed by atoms with Crippen molar-refractivity contribution in [1.82, 2.24) is 9.97 Å². The topological polar surface area (TPSA) is 102 Å². The Bertz CT molecular complexity index is 897. The zero-order valence-corrected chi connectivity index (χ0v) is 15.7. The lowest BCUT2D eigenvalue weighted by atomic mass is 9.89. The maximum Gasteiger partial charge on any atom is 0.245 e. The van der Waals surface area contributed by atoms with Crippen LogP contribution in [-0.2, 0) is 4.79 Å². The molecule has 0 saturated carbocycles. The van der Waals surface area contributed by atoms with Crippen molar-refractivity contribution in [3.8, 4) is 12.1 Å². The molecule has 0 fully saturated rings. The summed E-state index contributed by atoms with van der Waals surface area (Å²) in [6.45, 7) is 0.815. The number of hydrogen-bond acceptors (Lipinski definition) is 5. The molecule has 0 spiro atoms. The number of halogens is 3. The summed E-state index contributed by atoms with van der Waals surface area (Å²) < 4.78 is 26.4. The molecule has 0 unspecified atom stereocenters. The number of carbonyl (C=O) groups is 1. The van der Waals surface area contributed by atoms with Gasteiger partial charge in [0.05, 0.1) is 41.6 Å². The van der Waals surface area contributed by atoms with Crippen LogP contribution < -0.4 is 5.32 Å². The number of nitrogens with zero attached hydrogens (tertiary/aromatic N) is 4. The summed E-state index contributed by atoms with van der Waals surface area (Å²) in [4.78, 5) is 20.5. The summed E-state index contributed by atoms with van der Waals surface area (Å²) in [7, 11) is 0. The average Bonchev–Trinajstić information content (AvgIpc) is 2.65. The molecule has 0 bridgehead atoms. The van der Waals surface area contributed by atoms with E-state index in [4.69, 9.17) is 22.1 Å². The first-order valence-electron chi connectivity index (χ1n) is 8.33. The molecular formula is C19H16ClF2N5O. The molecule has 0 aliphatic rings. The first-order valence-corrected chi connectivity index (χ1v) is 8.71. The number of aromatic nitrogens is 2. The summed E-state index contributed by atoms with van der Waals surface area (Å²) in [5, 5.41) is 21.0. The molecule has 6 nitrogen and oxygen atoms in total. The van der Waals surface area contributed by atoms with Gasteiger partial charge in [0, 0.05) is 6.42 Å². The van der Waals surface area contributed by atoms with Gasteiger partial charge in [0.2, 0.25) is 11.8 Å². The van der Waals surface area contributed by atoms with Crippen LogP contribution in [0, 0.1) is 22.7 Å². The lowest BCUT2D eigenvalue weighted by Gasteiger charge is -2.18. The second kappa shape index (κ2) is 9.20. The molecule has 2 aromatic rings. The summed E-state index contributed by atoms with van der Waals surface area (Å²) in [5.74, 6) is -4.05. The maximum atomic E-state index is 13.2. The van der Waals surface area contributed by atoms with Gasteiger partial charge in [-0.1, -0.05) is 11.6 Å². The van der Waals surface area contributed by atoms with Crippen LogP contribution in [0.3, 0.4) is 0 Å². The van der Waals surface area contributed by atoms with Crippen LogP contribution >= 0.6 is 11.6 Å². The quantitative estimate of drug-likeness (QED) is 0.737. The Balaban J connectivity index is 2.31. The summed E-state index contributed by atoms with van der Waals surface area (Å²) >= 11 is 5.67. The molecule has 144 valence electrons. The van der Waals surface area contributed by atoms with Crippen molar-refractivity contribution in [1.29, 1.82) is 10.5 Å². The molecule has 2 rings (SSSR count). The third kappa shape index (κ3) is 6.26. The first-order chi connectivity index (χ1) is 13.2. The van der Waals surface area contributed by atoms with Gasteiger partial charge in [-0.3, -0.25) is 4.79 Å². The van der Waals surface area contributed by atoms with Crippen molar-refractivity contribution < 1.29 is 13.6 Å². The second-order valence-corrected chi connectivity index (χ2v) is 6.68. The normalized spacial score (nSPS) is 11.9. The minimum absolute atomic E-state index is 0.0759. The molecule has 1 aromatic heterocycles. The van der Waals surface area contributed by atoms with Gasteiger partial charge in [-0.25, -0.2) is 18.7 Å². The molecule has 1 heterocycles. The van der Waals surface area contributed by atoms with Crippen LogP contribution in [-0.4, -0.2) is 21.8 Å². The number of rotatable bonds is 7. The summed E-state index contributed by atoms with van der Waals surface area (Å²) in [6, 6.07) is 8.21. The Morgan fingerprint density at radius 2 is 1.86 bits per heavy atom. The zero-order valence-electron chi connectivity index (χ0n) is 14.9. The Labute approximate surface area is 165 Å². The monoisotopic (exact) mass is 403 g/mol. The minimum Gasteiger partial charge on any atom is -0.309 e. The number of hydrogen-bond donors (Lipinski definition) is 1. The number of nitrogens with one attached hydrogen (secondary N) is 1. The fourth-order valence-corrected chi connectivity index (χ4v) is 2.74. The molecular weight excluding hydrogens is 388 g/mol. The molecule has 1 N–H and O–H groups in total. The van der Waals surface area contributed by atoms with Crippen molar-refractivity contribution in [2.45, 2.75) is 38.0 Å². The number of amides is 1. The van der Waals surface area contributed by atoms with E-state index in [1.165, 1.54) is 30.6 Å². The van der Waals surface area contributed by atoms with E-state index in [1.54, 1.807) is 0 Å². The number of anilines is 1. The fourth-order valence-electron chi connectivity index (χ4n) is 2.64. The predicted molar refractivity (Wildman–Crippen MR) is 98.8 cm³/mol. The van der Waals surface area contributed by atoms with Crippen LogP contribution in [0.4, 0.5) is 14.6 Å². The van der Waals surface area contributed by atoms with Crippen LogP contribution in [0.15, 0.2) is 30.6 Å². The Morgan fingerprint density at radius 1 is 1.21 bits per heavy atom. The molecule has 1 aromatic carbocycles. The van der Waals surface area contributed by atoms with Gasteiger partial charge >= 0.3 is 0 Å². The van der Waals surface area contributed by atoms with Crippen LogP contribution in [0.5, 0.6) is 0 Å². The predicted octanol–water partition coefficient (Wildman–Crippen LogP) is 4.42. The Kier molecular flexibility index (Phi) is 6.97. The van der Waals surface area contributed by atoms with Crippen LogP contribution in [0.2, 0.25) is 5.15 Å². The Morgan fingerprint density at radius 3 is 2.36 bits per heavy atom. The third-order valence-electron chi connectivity index (χ3n) is 3.91. The van der Waals surface area contributed by atoms with Gasteiger partial charge in [0.25, 0.3) is 0 Å². The van der Waals surface area contributed by atoms with Crippen LogP contribution in [0.1, 0.15) is 48.8 Å². The smallest absolute Gasteiger partial charge is 0.245 e. The van der Waals surface area contributed by atoms with Gasteiger partial charge in [-0.2, -0.15) is 10.5 Å². The van der Waals surface area contributed by atoms with Crippen molar-refractivity contribution in [2.75, 3.05) is 5.32 Å². The molecule has 1 amide bonds. The second-order valence-electron chi connectivity index (χ2n) is 6.30. The summed E-state index contributed by atoms with van der Waals surface area (Å²) in [5.41, 5.74) is 0.812. The van der Waals surface area contributed by atoms with Gasteiger partial charge in [0.1, 0.15) is 5.15 Å². The zero-order chi connectivity index (χ0) is 20.7. The van der Waals surface area contributed by atoms with Gasteiger partial charge in [-0.15, -0.1) is 0 Å². The molecule has 0 aliphatic heterocycles. The number of carbonyl (C=O) groups excluding carboxylic acids is 1. The fraction of sp³-hybridized carbons (Fsp3) is 0.316. The van der Waals surface area contributed by atoms with Crippen LogP contribution in [0.25, 0.3) is 0 Å². The SMILES string of the molecule is CC(F)(F)CCC[C@H](C(=O)Nc1cnc(Cl)cn1)c1cc(C#N)cc(C#N)c1.